The largest absolute Gasteiger partial charge is 0.486 e. The van der Waals surface area contributed by atoms with E-state index in [-0.39, 0.29) is 0 Å². The van der Waals surface area contributed by atoms with E-state index in [4.69, 9.17) is 10.00 Å². The molecule has 0 amide bonds. The van der Waals surface area contributed by atoms with Crippen molar-refractivity contribution < 1.29 is 4.74 Å². The van der Waals surface area contributed by atoms with Gasteiger partial charge in [-0.15, -0.1) is 0 Å². The Balaban J connectivity index is 1.87. The Morgan fingerprint density at radius 1 is 1.24 bits per heavy atom. The first-order chi connectivity index (χ1) is 10.3. The lowest BCUT2D eigenvalue weighted by Gasteiger charge is -2.06. The van der Waals surface area contributed by atoms with Crippen LogP contribution in [0, 0.1) is 11.3 Å². The lowest BCUT2D eigenvalue weighted by Crippen LogP contribution is -2.01. The lowest BCUT2D eigenvalue weighted by molar-refractivity contribution is 0.295. The van der Waals surface area contributed by atoms with E-state index in [1.165, 1.54) is 5.56 Å². The molecule has 0 spiro atoms. The molecule has 104 valence electrons. The van der Waals surface area contributed by atoms with Gasteiger partial charge >= 0.3 is 0 Å². The summed E-state index contributed by atoms with van der Waals surface area (Å²) >= 11 is 0. The summed E-state index contributed by atoms with van der Waals surface area (Å²) in [6.45, 7) is 2.44. The predicted octanol–water partition coefficient (Wildman–Crippen LogP) is 3.35. The third-order valence-electron chi connectivity index (χ3n) is 3.40. The Labute approximate surface area is 123 Å². The summed E-state index contributed by atoms with van der Waals surface area (Å²) in [6.07, 6.45) is 2.87. The quantitative estimate of drug-likeness (QED) is 0.735. The van der Waals surface area contributed by atoms with Crippen molar-refractivity contribution in [3.8, 4) is 11.8 Å². The van der Waals surface area contributed by atoms with Crippen molar-refractivity contribution in [3.63, 3.8) is 0 Å². The number of benzene rings is 1. The van der Waals surface area contributed by atoms with Crippen molar-refractivity contribution in [1.82, 2.24) is 9.38 Å². The Hall–Kier alpha value is -2.80. The summed E-state index contributed by atoms with van der Waals surface area (Å²) in [5.41, 5.74) is 2.47. The van der Waals surface area contributed by atoms with Gasteiger partial charge < -0.3 is 4.74 Å². The van der Waals surface area contributed by atoms with Gasteiger partial charge in [-0.3, -0.25) is 4.40 Å². The molecule has 0 aliphatic rings. The fraction of sp³-hybridized carbons (Fsp3) is 0.176. The SMILES string of the molecule is CCc1cccc(OCc2nc(C#N)c3ccccn23)c1. The van der Waals surface area contributed by atoms with E-state index in [0.29, 0.717) is 12.3 Å². The smallest absolute Gasteiger partial charge is 0.166 e. The zero-order valence-corrected chi connectivity index (χ0v) is 11.8. The molecule has 4 nitrogen and oxygen atoms in total. The zero-order valence-electron chi connectivity index (χ0n) is 11.8. The van der Waals surface area contributed by atoms with Gasteiger partial charge in [0.1, 0.15) is 18.4 Å². The van der Waals surface area contributed by atoms with Crippen LogP contribution in [0.2, 0.25) is 0 Å². The van der Waals surface area contributed by atoms with Crippen LogP contribution < -0.4 is 4.74 Å². The molecule has 4 heteroatoms. The molecule has 0 atom stereocenters. The van der Waals surface area contributed by atoms with E-state index >= 15 is 0 Å². The van der Waals surface area contributed by atoms with E-state index in [1.54, 1.807) is 0 Å². The number of nitrogens with zero attached hydrogens (tertiary/aromatic N) is 3. The third kappa shape index (κ3) is 2.59. The Kier molecular flexibility index (Phi) is 3.57. The van der Waals surface area contributed by atoms with Crippen molar-refractivity contribution in [1.29, 1.82) is 5.26 Å². The second-order valence-corrected chi connectivity index (χ2v) is 4.73. The first kappa shape index (κ1) is 13.2. The van der Waals surface area contributed by atoms with Crippen molar-refractivity contribution in [2.24, 2.45) is 0 Å². The van der Waals surface area contributed by atoms with Gasteiger partial charge in [0.2, 0.25) is 0 Å². The molecule has 2 aromatic heterocycles. The maximum Gasteiger partial charge on any atom is 0.166 e. The highest BCUT2D eigenvalue weighted by Crippen LogP contribution is 2.17. The van der Waals surface area contributed by atoms with Crippen molar-refractivity contribution in [2.45, 2.75) is 20.0 Å². The average molecular weight is 277 g/mol. The van der Waals surface area contributed by atoms with Gasteiger partial charge in [-0.2, -0.15) is 5.26 Å². The molecule has 0 unspecified atom stereocenters. The fourth-order valence-electron chi connectivity index (χ4n) is 2.29. The summed E-state index contributed by atoms with van der Waals surface area (Å²) in [4.78, 5) is 4.34. The highest BCUT2D eigenvalue weighted by Gasteiger charge is 2.10. The predicted molar refractivity (Wildman–Crippen MR) is 80.1 cm³/mol. The molecule has 0 bridgehead atoms. The van der Waals surface area contributed by atoms with Crippen molar-refractivity contribution in [3.05, 3.63) is 65.7 Å². The highest BCUT2D eigenvalue weighted by atomic mass is 16.5. The molecule has 0 aliphatic carbocycles. The number of hydrogen-bond acceptors (Lipinski definition) is 3. The maximum atomic E-state index is 9.14. The molecule has 2 heterocycles. The van der Waals surface area contributed by atoms with Crippen LogP contribution in [0.3, 0.4) is 0 Å². The van der Waals surface area contributed by atoms with Gasteiger partial charge in [0.15, 0.2) is 11.5 Å². The second-order valence-electron chi connectivity index (χ2n) is 4.73. The van der Waals surface area contributed by atoms with Crippen LogP contribution in [0.1, 0.15) is 24.0 Å². The van der Waals surface area contributed by atoms with Gasteiger partial charge in [0, 0.05) is 6.20 Å². The Bertz CT molecular complexity index is 814. The van der Waals surface area contributed by atoms with Crippen LogP contribution in [-0.4, -0.2) is 9.38 Å². The van der Waals surface area contributed by atoms with E-state index in [1.807, 2.05) is 47.0 Å². The first-order valence-corrected chi connectivity index (χ1v) is 6.89. The topological polar surface area (TPSA) is 50.3 Å². The number of fused-ring (bicyclic) bond motifs is 1. The number of ether oxygens (including phenoxy) is 1. The highest BCUT2D eigenvalue weighted by molar-refractivity contribution is 5.58. The number of aryl methyl sites for hydroxylation is 1. The van der Waals surface area contributed by atoms with Crippen LogP contribution >= 0.6 is 0 Å². The van der Waals surface area contributed by atoms with Gasteiger partial charge in [0.25, 0.3) is 0 Å². The molecule has 1 aromatic carbocycles. The molecule has 0 saturated heterocycles. The van der Waals surface area contributed by atoms with Crippen LogP contribution in [0.4, 0.5) is 0 Å². The van der Waals surface area contributed by atoms with Gasteiger partial charge in [-0.1, -0.05) is 25.1 Å². The molecule has 0 fully saturated rings. The zero-order chi connectivity index (χ0) is 14.7. The second kappa shape index (κ2) is 5.68. The van der Waals surface area contributed by atoms with Gasteiger partial charge in [-0.05, 0) is 36.2 Å². The fourth-order valence-corrected chi connectivity index (χ4v) is 2.29. The maximum absolute atomic E-state index is 9.14. The summed E-state index contributed by atoms with van der Waals surface area (Å²) in [6, 6.07) is 15.8. The molecule has 0 aliphatic heterocycles. The minimum Gasteiger partial charge on any atom is -0.486 e. The van der Waals surface area contributed by atoms with Crippen LogP contribution in [0.5, 0.6) is 5.75 Å². The van der Waals surface area contributed by atoms with E-state index in [0.717, 1.165) is 23.5 Å². The number of rotatable bonds is 4. The number of aromatic nitrogens is 2. The molecule has 21 heavy (non-hydrogen) atoms. The van der Waals surface area contributed by atoms with Crippen LogP contribution in [0.25, 0.3) is 5.52 Å². The van der Waals surface area contributed by atoms with Crippen LogP contribution in [-0.2, 0) is 13.0 Å². The molecule has 0 saturated carbocycles. The van der Waals surface area contributed by atoms with Crippen molar-refractivity contribution in [2.75, 3.05) is 0 Å². The monoisotopic (exact) mass is 277 g/mol. The van der Waals surface area contributed by atoms with Gasteiger partial charge in [0.05, 0.1) is 5.52 Å². The van der Waals surface area contributed by atoms with E-state index in [9.17, 15) is 0 Å². The standard InChI is InChI=1S/C17H15N3O/c1-2-13-6-5-7-14(10-13)21-12-17-19-15(11-18)16-8-3-4-9-20(16)17/h3-10H,2,12H2,1H3. The summed E-state index contributed by atoms with van der Waals surface area (Å²) in [5.74, 6) is 1.55. The number of pyridine rings is 1. The normalized spacial score (nSPS) is 10.5. The molecule has 3 aromatic rings. The molecule has 3 rings (SSSR count). The van der Waals surface area contributed by atoms with E-state index in [2.05, 4.69) is 24.0 Å². The molecule has 0 radical (unpaired) electrons. The third-order valence-corrected chi connectivity index (χ3v) is 3.40. The van der Waals surface area contributed by atoms with Crippen LogP contribution in [0.15, 0.2) is 48.7 Å². The van der Waals surface area contributed by atoms with E-state index < -0.39 is 0 Å². The molecule has 0 N–H and O–H groups in total. The minimum atomic E-state index is 0.333. The average Bonchev–Trinajstić information content (AvgIpc) is 2.91. The number of nitriles is 1. The molecular weight excluding hydrogens is 262 g/mol. The number of imidazole rings is 1. The minimum absolute atomic E-state index is 0.333. The summed E-state index contributed by atoms with van der Waals surface area (Å²) in [5, 5.41) is 9.14. The first-order valence-electron chi connectivity index (χ1n) is 6.89. The van der Waals surface area contributed by atoms with Crippen molar-refractivity contribution >= 4 is 5.52 Å². The van der Waals surface area contributed by atoms with Gasteiger partial charge in [-0.25, -0.2) is 4.98 Å². The molecular formula is C17H15N3O. The summed E-state index contributed by atoms with van der Waals surface area (Å²) in [7, 11) is 0. The number of hydrogen-bond donors (Lipinski definition) is 0. The Morgan fingerprint density at radius 2 is 2.14 bits per heavy atom. The summed E-state index contributed by atoms with van der Waals surface area (Å²) < 4.78 is 7.70. The lowest BCUT2D eigenvalue weighted by atomic mass is 10.2. The Morgan fingerprint density at radius 3 is 2.95 bits per heavy atom.